The summed E-state index contributed by atoms with van der Waals surface area (Å²) in [6.45, 7) is 2.38. The predicted octanol–water partition coefficient (Wildman–Crippen LogP) is 3.92. The number of hydrogen-bond acceptors (Lipinski definition) is 6. The van der Waals surface area contributed by atoms with Crippen LogP contribution in [-0.4, -0.2) is 40.0 Å². The predicted molar refractivity (Wildman–Crippen MR) is 109 cm³/mol. The van der Waals surface area contributed by atoms with Crippen LogP contribution in [0.1, 0.15) is 34.7 Å². The molecule has 32 heavy (non-hydrogen) atoms. The molecule has 0 atom stereocenters. The van der Waals surface area contributed by atoms with Gasteiger partial charge >= 0.3 is 5.97 Å². The lowest BCUT2D eigenvalue weighted by Gasteiger charge is -2.31. The Balaban J connectivity index is 1.28. The van der Waals surface area contributed by atoms with Gasteiger partial charge in [-0.05, 0) is 31.9 Å². The summed E-state index contributed by atoms with van der Waals surface area (Å²) in [6, 6.07) is 10.5. The third-order valence-electron chi connectivity index (χ3n) is 5.39. The number of aryl methyl sites for hydroxylation is 1. The van der Waals surface area contributed by atoms with Crippen molar-refractivity contribution in [2.45, 2.75) is 26.4 Å². The molecule has 1 aromatic heterocycles. The van der Waals surface area contributed by atoms with E-state index in [2.05, 4.69) is 10.1 Å². The van der Waals surface area contributed by atoms with E-state index < -0.39 is 29.4 Å². The largest absolute Gasteiger partial charge is 0.455 e. The van der Waals surface area contributed by atoms with Crippen molar-refractivity contribution in [3.63, 3.8) is 0 Å². The monoisotopic (exact) mass is 441 g/mol. The zero-order valence-electron chi connectivity index (χ0n) is 17.4. The molecule has 4 rings (SSSR count). The van der Waals surface area contributed by atoms with Crippen molar-refractivity contribution in [3.8, 4) is 11.4 Å². The SMILES string of the molecule is Cc1ccc(-c2noc(COC(=O)C3CCN(C(=O)c4ccc(F)cc4F)CC3)n2)cc1. The molecule has 9 heteroatoms. The van der Waals surface area contributed by atoms with E-state index in [4.69, 9.17) is 9.26 Å². The van der Waals surface area contributed by atoms with Crippen molar-refractivity contribution in [1.29, 1.82) is 0 Å². The number of esters is 1. The van der Waals surface area contributed by atoms with Gasteiger partial charge in [-0.15, -0.1) is 0 Å². The van der Waals surface area contributed by atoms with Crippen molar-refractivity contribution in [2.24, 2.45) is 5.92 Å². The van der Waals surface area contributed by atoms with Crippen LogP contribution in [0, 0.1) is 24.5 Å². The molecule has 2 aromatic carbocycles. The number of amides is 1. The topological polar surface area (TPSA) is 85.5 Å². The van der Waals surface area contributed by atoms with Gasteiger partial charge in [0.05, 0.1) is 11.5 Å². The second-order valence-electron chi connectivity index (χ2n) is 7.68. The van der Waals surface area contributed by atoms with Crippen LogP contribution in [0.3, 0.4) is 0 Å². The maximum Gasteiger partial charge on any atom is 0.309 e. The summed E-state index contributed by atoms with van der Waals surface area (Å²) in [5, 5.41) is 3.90. The van der Waals surface area contributed by atoms with Crippen LogP contribution in [0.2, 0.25) is 0 Å². The van der Waals surface area contributed by atoms with Gasteiger partial charge in [0.25, 0.3) is 11.8 Å². The minimum absolute atomic E-state index is 0.141. The van der Waals surface area contributed by atoms with E-state index in [1.807, 2.05) is 31.2 Å². The molecule has 1 aliphatic heterocycles. The van der Waals surface area contributed by atoms with Crippen molar-refractivity contribution in [2.75, 3.05) is 13.1 Å². The first-order valence-electron chi connectivity index (χ1n) is 10.2. The highest BCUT2D eigenvalue weighted by atomic mass is 19.1. The van der Waals surface area contributed by atoms with E-state index in [0.717, 1.165) is 23.3 Å². The molecule has 0 bridgehead atoms. The standard InChI is InChI=1S/C23H21F2N3O4/c1-14-2-4-15(5-3-14)21-26-20(32-27-21)13-31-23(30)16-8-10-28(11-9-16)22(29)18-7-6-17(24)12-19(18)25/h2-7,12,16H,8-11,13H2,1H3. The van der Waals surface area contributed by atoms with E-state index in [1.165, 1.54) is 4.90 Å². The van der Waals surface area contributed by atoms with Crippen LogP contribution in [0.4, 0.5) is 8.78 Å². The fraction of sp³-hybridized carbons (Fsp3) is 0.304. The molecule has 166 valence electrons. The molecule has 1 fully saturated rings. The number of carbonyl (C=O) groups is 2. The number of likely N-dealkylation sites (tertiary alicyclic amines) is 1. The number of ether oxygens (including phenoxy) is 1. The summed E-state index contributed by atoms with van der Waals surface area (Å²) in [4.78, 5) is 30.6. The number of halogens is 2. The molecule has 0 radical (unpaired) electrons. The van der Waals surface area contributed by atoms with Gasteiger partial charge in [0.1, 0.15) is 11.6 Å². The zero-order chi connectivity index (χ0) is 22.7. The van der Waals surface area contributed by atoms with Gasteiger partial charge in [0.15, 0.2) is 6.61 Å². The van der Waals surface area contributed by atoms with Crippen molar-refractivity contribution >= 4 is 11.9 Å². The van der Waals surface area contributed by atoms with E-state index in [-0.39, 0.29) is 31.2 Å². The normalized spacial score (nSPS) is 14.4. The first kappa shape index (κ1) is 21.6. The number of benzene rings is 2. The number of carbonyl (C=O) groups excluding carboxylic acids is 2. The quantitative estimate of drug-likeness (QED) is 0.558. The zero-order valence-corrected chi connectivity index (χ0v) is 17.4. The molecule has 0 N–H and O–H groups in total. The fourth-order valence-electron chi connectivity index (χ4n) is 3.54. The van der Waals surface area contributed by atoms with Gasteiger partial charge in [-0.1, -0.05) is 35.0 Å². The molecule has 1 aliphatic rings. The molecular formula is C23H21F2N3O4. The summed E-state index contributed by atoms with van der Waals surface area (Å²) < 4.78 is 37.4. The molecule has 1 saturated heterocycles. The smallest absolute Gasteiger partial charge is 0.309 e. The number of piperidine rings is 1. The van der Waals surface area contributed by atoms with Gasteiger partial charge in [-0.3, -0.25) is 9.59 Å². The van der Waals surface area contributed by atoms with Crippen LogP contribution in [0.25, 0.3) is 11.4 Å². The van der Waals surface area contributed by atoms with Crippen LogP contribution in [0.15, 0.2) is 47.0 Å². The molecule has 0 saturated carbocycles. The average molecular weight is 441 g/mol. The summed E-state index contributed by atoms with van der Waals surface area (Å²) in [5.74, 6) is -2.38. The fourth-order valence-corrected chi connectivity index (χ4v) is 3.54. The van der Waals surface area contributed by atoms with E-state index in [0.29, 0.717) is 24.7 Å². The lowest BCUT2D eigenvalue weighted by molar-refractivity contribution is -0.152. The van der Waals surface area contributed by atoms with Crippen LogP contribution < -0.4 is 0 Å². The number of rotatable bonds is 5. The Bertz CT molecular complexity index is 1120. The minimum atomic E-state index is -0.902. The van der Waals surface area contributed by atoms with Crippen LogP contribution in [-0.2, 0) is 16.1 Å². The summed E-state index contributed by atoms with van der Waals surface area (Å²) in [7, 11) is 0. The molecule has 7 nitrogen and oxygen atoms in total. The van der Waals surface area contributed by atoms with Gasteiger partial charge in [0, 0.05) is 24.7 Å². The summed E-state index contributed by atoms with van der Waals surface area (Å²) >= 11 is 0. The van der Waals surface area contributed by atoms with E-state index in [1.54, 1.807) is 0 Å². The number of nitrogens with zero attached hydrogens (tertiary/aromatic N) is 3. The van der Waals surface area contributed by atoms with Gasteiger partial charge in [-0.2, -0.15) is 4.98 Å². The van der Waals surface area contributed by atoms with Crippen molar-refractivity contribution < 1.29 is 27.6 Å². The molecule has 0 unspecified atom stereocenters. The molecule has 2 heterocycles. The average Bonchev–Trinajstić information content (AvgIpc) is 3.27. The summed E-state index contributed by atoms with van der Waals surface area (Å²) in [6.07, 6.45) is 0.762. The Labute approximate surface area is 183 Å². The van der Waals surface area contributed by atoms with Crippen LogP contribution in [0.5, 0.6) is 0 Å². The third-order valence-corrected chi connectivity index (χ3v) is 5.39. The highest BCUT2D eigenvalue weighted by Gasteiger charge is 2.30. The maximum atomic E-state index is 13.9. The minimum Gasteiger partial charge on any atom is -0.455 e. The van der Waals surface area contributed by atoms with E-state index in [9.17, 15) is 18.4 Å². The first-order valence-corrected chi connectivity index (χ1v) is 10.2. The Morgan fingerprint density at radius 1 is 1.12 bits per heavy atom. The molecule has 0 spiro atoms. The number of hydrogen-bond donors (Lipinski definition) is 0. The Morgan fingerprint density at radius 2 is 1.84 bits per heavy atom. The second-order valence-corrected chi connectivity index (χ2v) is 7.68. The lowest BCUT2D eigenvalue weighted by Crippen LogP contribution is -2.41. The van der Waals surface area contributed by atoms with E-state index >= 15 is 0 Å². The Kier molecular flexibility index (Phi) is 6.25. The lowest BCUT2D eigenvalue weighted by atomic mass is 9.96. The van der Waals surface area contributed by atoms with Crippen molar-refractivity contribution in [3.05, 3.63) is 71.1 Å². The third kappa shape index (κ3) is 4.82. The van der Waals surface area contributed by atoms with Gasteiger partial charge < -0.3 is 14.2 Å². The second kappa shape index (κ2) is 9.25. The highest BCUT2D eigenvalue weighted by Crippen LogP contribution is 2.22. The highest BCUT2D eigenvalue weighted by molar-refractivity contribution is 5.94. The molecule has 0 aliphatic carbocycles. The molecular weight excluding hydrogens is 420 g/mol. The Morgan fingerprint density at radius 3 is 2.53 bits per heavy atom. The summed E-state index contributed by atoms with van der Waals surface area (Å²) in [5.41, 5.74) is 1.72. The molecule has 3 aromatic rings. The van der Waals surface area contributed by atoms with Gasteiger partial charge in [0.2, 0.25) is 5.82 Å². The van der Waals surface area contributed by atoms with Gasteiger partial charge in [-0.25, -0.2) is 8.78 Å². The number of aromatic nitrogens is 2. The van der Waals surface area contributed by atoms with Crippen LogP contribution >= 0.6 is 0 Å². The molecule has 1 amide bonds. The first-order chi connectivity index (χ1) is 15.4. The Hall–Kier alpha value is -3.62. The maximum absolute atomic E-state index is 13.9. The van der Waals surface area contributed by atoms with Crippen molar-refractivity contribution in [1.82, 2.24) is 15.0 Å².